The maximum atomic E-state index is 13.0. The van der Waals surface area contributed by atoms with Gasteiger partial charge in [0, 0.05) is 6.54 Å². The van der Waals surface area contributed by atoms with Gasteiger partial charge in [-0.2, -0.15) is 0 Å². The minimum absolute atomic E-state index is 0.0762. The summed E-state index contributed by atoms with van der Waals surface area (Å²) >= 11 is 0. The molecule has 0 aromatic heterocycles. The number of aromatic carboxylic acids is 1. The van der Waals surface area contributed by atoms with Crippen molar-refractivity contribution in [3.05, 3.63) is 65.2 Å². The summed E-state index contributed by atoms with van der Waals surface area (Å²) in [5, 5.41) is 12.0. The van der Waals surface area contributed by atoms with Crippen LogP contribution in [0.4, 0.5) is 0 Å². The van der Waals surface area contributed by atoms with Crippen LogP contribution in [0.15, 0.2) is 48.5 Å². The molecule has 3 rings (SSSR count). The third-order valence-electron chi connectivity index (χ3n) is 5.43. The number of amides is 1. The first-order valence-electron chi connectivity index (χ1n) is 9.30. The Morgan fingerprint density at radius 2 is 1.67 bits per heavy atom. The lowest BCUT2D eigenvalue weighted by Crippen LogP contribution is -2.43. The number of benzene rings is 2. The van der Waals surface area contributed by atoms with Crippen LogP contribution in [0.5, 0.6) is 5.75 Å². The van der Waals surface area contributed by atoms with Gasteiger partial charge >= 0.3 is 5.97 Å². The highest BCUT2D eigenvalue weighted by Crippen LogP contribution is 2.41. The van der Waals surface area contributed by atoms with E-state index in [9.17, 15) is 9.59 Å². The number of hydrogen-bond acceptors (Lipinski definition) is 3. The van der Waals surface area contributed by atoms with Crippen molar-refractivity contribution < 1.29 is 19.4 Å². The summed E-state index contributed by atoms with van der Waals surface area (Å²) in [5.74, 6) is -0.0676. The fourth-order valence-corrected chi connectivity index (χ4v) is 3.84. The van der Waals surface area contributed by atoms with Crippen molar-refractivity contribution in [2.75, 3.05) is 13.7 Å². The van der Waals surface area contributed by atoms with E-state index >= 15 is 0 Å². The van der Waals surface area contributed by atoms with E-state index in [0.29, 0.717) is 13.0 Å². The van der Waals surface area contributed by atoms with E-state index in [4.69, 9.17) is 9.84 Å². The van der Waals surface area contributed by atoms with Crippen molar-refractivity contribution >= 4 is 11.9 Å². The van der Waals surface area contributed by atoms with Crippen LogP contribution in [0.1, 0.15) is 47.2 Å². The van der Waals surface area contributed by atoms with Gasteiger partial charge in [0.15, 0.2) is 0 Å². The highest BCUT2D eigenvalue weighted by molar-refractivity contribution is 5.89. The molecule has 1 aliphatic carbocycles. The molecule has 0 spiro atoms. The molecule has 1 saturated carbocycles. The second-order valence-corrected chi connectivity index (χ2v) is 7.03. The maximum absolute atomic E-state index is 13.0. The van der Waals surface area contributed by atoms with Crippen molar-refractivity contribution in [1.29, 1.82) is 0 Å². The van der Waals surface area contributed by atoms with Gasteiger partial charge in [-0.15, -0.1) is 0 Å². The van der Waals surface area contributed by atoms with Crippen molar-refractivity contribution in [3.8, 4) is 5.75 Å². The Kier molecular flexibility index (Phi) is 5.79. The Morgan fingerprint density at radius 3 is 2.22 bits per heavy atom. The molecule has 2 aromatic rings. The molecule has 5 nitrogen and oxygen atoms in total. The van der Waals surface area contributed by atoms with Gasteiger partial charge in [-0.25, -0.2) is 4.79 Å². The predicted octanol–water partition coefficient (Wildman–Crippen LogP) is 3.56. The number of carbonyl (C=O) groups is 2. The van der Waals surface area contributed by atoms with Crippen molar-refractivity contribution in [3.63, 3.8) is 0 Å². The first kappa shape index (κ1) is 19.0. The van der Waals surface area contributed by atoms with E-state index in [1.165, 1.54) is 0 Å². The second-order valence-electron chi connectivity index (χ2n) is 7.03. The van der Waals surface area contributed by atoms with Gasteiger partial charge in [-0.1, -0.05) is 37.1 Å². The normalized spacial score (nSPS) is 15.3. The number of rotatable bonds is 7. The number of ether oxygens (including phenoxy) is 1. The summed E-state index contributed by atoms with van der Waals surface area (Å²) in [6.07, 6.45) is 4.49. The molecule has 2 aromatic carbocycles. The molecule has 1 aliphatic rings. The summed E-state index contributed by atoms with van der Waals surface area (Å²) in [7, 11) is 1.63. The molecule has 0 bridgehead atoms. The van der Waals surface area contributed by atoms with E-state index in [1.54, 1.807) is 31.4 Å². The van der Waals surface area contributed by atoms with E-state index in [0.717, 1.165) is 42.6 Å². The van der Waals surface area contributed by atoms with E-state index in [1.807, 2.05) is 24.3 Å². The second kappa shape index (κ2) is 8.25. The van der Waals surface area contributed by atoms with Crippen LogP contribution >= 0.6 is 0 Å². The zero-order valence-electron chi connectivity index (χ0n) is 15.5. The minimum Gasteiger partial charge on any atom is -0.497 e. The SMILES string of the molecule is COc1ccc(C2(C(=O)NCCc3ccc(C(=O)O)cc3)CCCC2)cc1. The molecule has 142 valence electrons. The monoisotopic (exact) mass is 367 g/mol. The first-order chi connectivity index (χ1) is 13.0. The van der Waals surface area contributed by atoms with Crippen LogP contribution in [-0.2, 0) is 16.6 Å². The Balaban J connectivity index is 1.64. The highest BCUT2D eigenvalue weighted by Gasteiger charge is 2.42. The van der Waals surface area contributed by atoms with Gasteiger partial charge in [-0.05, 0) is 54.7 Å². The number of nitrogens with one attached hydrogen (secondary N) is 1. The van der Waals surface area contributed by atoms with E-state index in [2.05, 4.69) is 5.32 Å². The molecule has 0 aliphatic heterocycles. The fraction of sp³-hybridized carbons (Fsp3) is 0.364. The summed E-state index contributed by atoms with van der Waals surface area (Å²) in [6.45, 7) is 0.531. The lowest BCUT2D eigenvalue weighted by molar-refractivity contribution is -0.126. The van der Waals surface area contributed by atoms with Crippen LogP contribution in [0.3, 0.4) is 0 Å². The quantitative estimate of drug-likeness (QED) is 0.784. The van der Waals surface area contributed by atoms with Crippen molar-refractivity contribution in [2.24, 2.45) is 0 Å². The number of methoxy groups -OCH3 is 1. The molecule has 1 fully saturated rings. The van der Waals surface area contributed by atoms with Gasteiger partial charge < -0.3 is 15.2 Å². The van der Waals surface area contributed by atoms with Gasteiger partial charge in [0.05, 0.1) is 18.1 Å². The minimum atomic E-state index is -0.933. The van der Waals surface area contributed by atoms with Crippen molar-refractivity contribution in [2.45, 2.75) is 37.5 Å². The molecule has 0 saturated heterocycles. The van der Waals surface area contributed by atoms with Crippen LogP contribution in [0.2, 0.25) is 0 Å². The number of carbonyl (C=O) groups excluding carboxylic acids is 1. The van der Waals surface area contributed by atoms with E-state index in [-0.39, 0.29) is 11.5 Å². The van der Waals surface area contributed by atoms with Gasteiger partial charge in [0.25, 0.3) is 0 Å². The topological polar surface area (TPSA) is 75.6 Å². The molecule has 0 unspecified atom stereocenters. The Bertz CT molecular complexity index is 790. The Hall–Kier alpha value is -2.82. The fourth-order valence-electron chi connectivity index (χ4n) is 3.84. The van der Waals surface area contributed by atoms with Crippen LogP contribution in [0.25, 0.3) is 0 Å². The molecule has 0 radical (unpaired) electrons. The Labute approximate surface area is 159 Å². The molecule has 2 N–H and O–H groups in total. The third-order valence-corrected chi connectivity index (χ3v) is 5.43. The van der Waals surface area contributed by atoms with Crippen LogP contribution in [0, 0.1) is 0 Å². The standard InChI is InChI=1S/C22H25NO4/c1-27-19-10-8-18(9-11-19)22(13-2-3-14-22)21(26)23-15-12-16-4-6-17(7-5-16)20(24)25/h4-11H,2-3,12-15H2,1H3,(H,23,26)(H,24,25). The van der Waals surface area contributed by atoms with E-state index < -0.39 is 11.4 Å². The molecule has 1 amide bonds. The molecular weight excluding hydrogens is 342 g/mol. The lowest BCUT2D eigenvalue weighted by atomic mass is 9.78. The summed E-state index contributed by atoms with van der Waals surface area (Å²) in [5.41, 5.74) is 1.86. The number of carboxylic acids is 1. The molecule has 0 heterocycles. The van der Waals surface area contributed by atoms with Crippen molar-refractivity contribution in [1.82, 2.24) is 5.32 Å². The molecule has 27 heavy (non-hydrogen) atoms. The Morgan fingerprint density at radius 1 is 1.04 bits per heavy atom. The molecular formula is C22H25NO4. The molecule has 0 atom stereocenters. The average Bonchev–Trinajstić information content (AvgIpc) is 3.19. The largest absolute Gasteiger partial charge is 0.497 e. The predicted molar refractivity (Wildman–Crippen MR) is 103 cm³/mol. The zero-order valence-corrected chi connectivity index (χ0v) is 15.5. The first-order valence-corrected chi connectivity index (χ1v) is 9.30. The summed E-state index contributed by atoms with van der Waals surface area (Å²) in [4.78, 5) is 23.9. The van der Waals surface area contributed by atoms with Gasteiger partial charge in [0.2, 0.25) is 5.91 Å². The lowest BCUT2D eigenvalue weighted by Gasteiger charge is -2.28. The van der Waals surface area contributed by atoms with Crippen LogP contribution < -0.4 is 10.1 Å². The smallest absolute Gasteiger partial charge is 0.335 e. The summed E-state index contributed by atoms with van der Waals surface area (Å²) in [6, 6.07) is 14.6. The highest BCUT2D eigenvalue weighted by atomic mass is 16.5. The zero-order chi connectivity index (χ0) is 19.3. The maximum Gasteiger partial charge on any atom is 0.335 e. The molecule has 5 heteroatoms. The number of hydrogen-bond donors (Lipinski definition) is 2. The van der Waals surface area contributed by atoms with Gasteiger partial charge in [0.1, 0.15) is 5.75 Å². The van der Waals surface area contributed by atoms with Gasteiger partial charge in [-0.3, -0.25) is 4.79 Å². The summed E-state index contributed by atoms with van der Waals surface area (Å²) < 4.78 is 5.22. The average molecular weight is 367 g/mol. The number of carboxylic acid groups (broad SMARTS) is 1. The van der Waals surface area contributed by atoms with Crippen LogP contribution in [-0.4, -0.2) is 30.6 Å². The third kappa shape index (κ3) is 4.13.